The van der Waals surface area contributed by atoms with Crippen LogP contribution >= 0.6 is 0 Å². The Morgan fingerprint density at radius 1 is 0.591 bits per heavy atom. The molecular weight excluding hydrogens is 270 g/mol. The fraction of sp³-hybridized carbons (Fsp3) is 0.950. The molecule has 0 heterocycles. The summed E-state index contributed by atoms with van der Waals surface area (Å²) in [6.07, 6.45) is 18.4. The molecule has 132 valence electrons. The highest BCUT2D eigenvalue weighted by atomic mass is 16.2. The van der Waals surface area contributed by atoms with E-state index in [-0.39, 0.29) is 0 Å². The molecule has 0 radical (unpaired) electrons. The van der Waals surface area contributed by atoms with Crippen LogP contribution in [-0.2, 0) is 4.79 Å². The van der Waals surface area contributed by atoms with Crippen molar-refractivity contribution in [2.75, 3.05) is 13.1 Å². The van der Waals surface area contributed by atoms with Gasteiger partial charge in [0.15, 0.2) is 0 Å². The highest BCUT2D eigenvalue weighted by Crippen LogP contribution is 2.13. The van der Waals surface area contributed by atoms with Crippen LogP contribution in [0.25, 0.3) is 0 Å². The van der Waals surface area contributed by atoms with Gasteiger partial charge in [-0.2, -0.15) is 0 Å². The van der Waals surface area contributed by atoms with Gasteiger partial charge in [-0.3, -0.25) is 4.79 Å². The Balaban J connectivity index is 3.19. The Bertz CT molecular complexity index is 236. The van der Waals surface area contributed by atoms with Crippen LogP contribution < -0.4 is 0 Å². The molecule has 0 atom stereocenters. The molecule has 0 aliphatic carbocycles. The molecule has 2 heteroatoms. The van der Waals surface area contributed by atoms with E-state index in [2.05, 4.69) is 20.8 Å². The van der Waals surface area contributed by atoms with Crippen molar-refractivity contribution in [3.63, 3.8) is 0 Å². The molecule has 0 unspecified atom stereocenters. The van der Waals surface area contributed by atoms with Crippen molar-refractivity contribution in [1.82, 2.24) is 4.90 Å². The summed E-state index contributed by atoms with van der Waals surface area (Å²) in [7, 11) is 0. The maximum Gasteiger partial charge on any atom is 0.222 e. The van der Waals surface area contributed by atoms with Gasteiger partial charge in [0, 0.05) is 19.5 Å². The Kier molecular flexibility index (Phi) is 16.4. The molecule has 0 aliphatic rings. The molecule has 2 nitrogen and oxygen atoms in total. The zero-order valence-corrected chi connectivity index (χ0v) is 15.7. The van der Waals surface area contributed by atoms with Crippen molar-refractivity contribution in [1.29, 1.82) is 0 Å². The molecule has 0 aromatic heterocycles. The molecule has 0 aliphatic heterocycles. The first-order valence-corrected chi connectivity index (χ1v) is 10.0. The Labute approximate surface area is 140 Å². The van der Waals surface area contributed by atoms with E-state index in [1.165, 1.54) is 77.0 Å². The minimum atomic E-state index is 0.341. The van der Waals surface area contributed by atoms with Crippen molar-refractivity contribution in [3.8, 4) is 0 Å². The molecular formula is C20H41NO. The number of amides is 1. The second-order valence-corrected chi connectivity index (χ2v) is 6.56. The van der Waals surface area contributed by atoms with Crippen LogP contribution in [0.1, 0.15) is 111 Å². The van der Waals surface area contributed by atoms with Gasteiger partial charge in [0.05, 0.1) is 0 Å². The Morgan fingerprint density at radius 3 is 1.32 bits per heavy atom. The number of hydrogen-bond acceptors (Lipinski definition) is 1. The summed E-state index contributed by atoms with van der Waals surface area (Å²) in [4.78, 5) is 13.8. The van der Waals surface area contributed by atoms with Crippen LogP contribution in [0.2, 0.25) is 0 Å². The van der Waals surface area contributed by atoms with Crippen LogP contribution in [0.4, 0.5) is 0 Å². The monoisotopic (exact) mass is 311 g/mol. The molecule has 0 saturated carbocycles. The van der Waals surface area contributed by atoms with Gasteiger partial charge < -0.3 is 4.90 Å². The topological polar surface area (TPSA) is 20.3 Å². The summed E-state index contributed by atoms with van der Waals surface area (Å²) >= 11 is 0. The molecule has 22 heavy (non-hydrogen) atoms. The first kappa shape index (κ1) is 21.5. The van der Waals surface area contributed by atoms with Crippen LogP contribution in [0.5, 0.6) is 0 Å². The predicted octanol–water partition coefficient (Wildman–Crippen LogP) is 6.34. The van der Waals surface area contributed by atoms with Crippen molar-refractivity contribution < 1.29 is 4.79 Å². The van der Waals surface area contributed by atoms with E-state index in [0.29, 0.717) is 5.91 Å². The van der Waals surface area contributed by atoms with Crippen LogP contribution in [-0.4, -0.2) is 23.9 Å². The van der Waals surface area contributed by atoms with Crippen LogP contribution in [0.3, 0.4) is 0 Å². The number of carbonyl (C=O) groups excluding carboxylic acids is 1. The van der Waals surface area contributed by atoms with E-state index >= 15 is 0 Å². The molecule has 0 aromatic rings. The van der Waals surface area contributed by atoms with E-state index < -0.39 is 0 Å². The molecule has 0 N–H and O–H groups in total. The van der Waals surface area contributed by atoms with Gasteiger partial charge in [-0.25, -0.2) is 0 Å². The standard InChI is InChI=1S/C20H41NO/c1-4-7-8-9-10-11-12-13-14-15-16-17-18-19-20(22)21(5-2)6-3/h4-19H2,1-3H3. The summed E-state index contributed by atoms with van der Waals surface area (Å²) in [5.74, 6) is 0.341. The van der Waals surface area contributed by atoms with Crippen LogP contribution in [0.15, 0.2) is 0 Å². The van der Waals surface area contributed by atoms with Gasteiger partial charge >= 0.3 is 0 Å². The van der Waals surface area contributed by atoms with E-state index in [1.807, 2.05) is 4.90 Å². The van der Waals surface area contributed by atoms with Gasteiger partial charge in [0.25, 0.3) is 0 Å². The average Bonchev–Trinajstić information content (AvgIpc) is 2.53. The lowest BCUT2D eigenvalue weighted by molar-refractivity contribution is -0.130. The largest absolute Gasteiger partial charge is 0.343 e. The maximum absolute atomic E-state index is 11.8. The molecule has 0 spiro atoms. The molecule has 0 aromatic carbocycles. The second-order valence-electron chi connectivity index (χ2n) is 6.56. The van der Waals surface area contributed by atoms with Gasteiger partial charge in [-0.05, 0) is 20.3 Å². The first-order valence-electron chi connectivity index (χ1n) is 10.0. The lowest BCUT2D eigenvalue weighted by Crippen LogP contribution is -2.30. The van der Waals surface area contributed by atoms with Gasteiger partial charge in [-0.1, -0.05) is 84.0 Å². The fourth-order valence-electron chi connectivity index (χ4n) is 3.03. The molecule has 0 saturated heterocycles. The number of rotatable bonds is 16. The number of nitrogens with zero attached hydrogens (tertiary/aromatic N) is 1. The minimum absolute atomic E-state index is 0.341. The third-order valence-electron chi connectivity index (χ3n) is 4.61. The predicted molar refractivity (Wildman–Crippen MR) is 98.2 cm³/mol. The summed E-state index contributed by atoms with van der Waals surface area (Å²) in [6, 6.07) is 0. The SMILES string of the molecule is CCCCCCCCCCCCCCCC(=O)N(CC)CC. The minimum Gasteiger partial charge on any atom is -0.343 e. The average molecular weight is 312 g/mol. The highest BCUT2D eigenvalue weighted by molar-refractivity contribution is 5.75. The lowest BCUT2D eigenvalue weighted by atomic mass is 10.0. The van der Waals surface area contributed by atoms with E-state index in [4.69, 9.17) is 0 Å². The highest BCUT2D eigenvalue weighted by Gasteiger charge is 2.07. The molecule has 0 rings (SSSR count). The molecule has 0 fully saturated rings. The lowest BCUT2D eigenvalue weighted by Gasteiger charge is -2.18. The molecule has 0 bridgehead atoms. The summed E-state index contributed by atoms with van der Waals surface area (Å²) in [6.45, 7) is 8.11. The molecule has 1 amide bonds. The summed E-state index contributed by atoms with van der Waals surface area (Å²) < 4.78 is 0. The third kappa shape index (κ3) is 13.2. The van der Waals surface area contributed by atoms with Crippen LogP contribution in [0, 0.1) is 0 Å². The van der Waals surface area contributed by atoms with Crippen molar-refractivity contribution >= 4 is 5.91 Å². The summed E-state index contributed by atoms with van der Waals surface area (Å²) in [5.41, 5.74) is 0. The van der Waals surface area contributed by atoms with Gasteiger partial charge in [-0.15, -0.1) is 0 Å². The quantitative estimate of drug-likeness (QED) is 0.305. The fourth-order valence-corrected chi connectivity index (χ4v) is 3.03. The van der Waals surface area contributed by atoms with Crippen molar-refractivity contribution in [2.45, 2.75) is 111 Å². The van der Waals surface area contributed by atoms with E-state index in [9.17, 15) is 4.79 Å². The van der Waals surface area contributed by atoms with Crippen molar-refractivity contribution in [3.05, 3.63) is 0 Å². The smallest absolute Gasteiger partial charge is 0.222 e. The maximum atomic E-state index is 11.8. The normalized spacial score (nSPS) is 10.9. The van der Waals surface area contributed by atoms with Gasteiger partial charge in [0.2, 0.25) is 5.91 Å². The van der Waals surface area contributed by atoms with Gasteiger partial charge in [0.1, 0.15) is 0 Å². The second kappa shape index (κ2) is 16.8. The first-order chi connectivity index (χ1) is 10.8. The Morgan fingerprint density at radius 2 is 0.955 bits per heavy atom. The number of hydrogen-bond donors (Lipinski definition) is 0. The number of unbranched alkanes of at least 4 members (excludes halogenated alkanes) is 12. The zero-order chi connectivity index (χ0) is 16.5. The zero-order valence-electron chi connectivity index (χ0n) is 15.7. The number of carbonyl (C=O) groups is 1. The summed E-state index contributed by atoms with van der Waals surface area (Å²) in [5, 5.41) is 0. The van der Waals surface area contributed by atoms with E-state index in [0.717, 1.165) is 25.9 Å². The Hall–Kier alpha value is -0.530. The third-order valence-corrected chi connectivity index (χ3v) is 4.61. The van der Waals surface area contributed by atoms with Crippen molar-refractivity contribution in [2.24, 2.45) is 0 Å². The van der Waals surface area contributed by atoms with E-state index in [1.54, 1.807) is 0 Å².